The molecule has 2 saturated carbocycles. The van der Waals surface area contributed by atoms with Crippen LogP contribution < -0.4 is 5.32 Å². The average molecular weight is 290 g/mol. The average Bonchev–Trinajstić information content (AvgIpc) is 3.29. The van der Waals surface area contributed by atoms with Gasteiger partial charge in [0.1, 0.15) is 5.82 Å². The lowest BCUT2D eigenvalue weighted by Crippen LogP contribution is -2.34. The first-order chi connectivity index (χ1) is 10.1. The van der Waals surface area contributed by atoms with Crippen molar-refractivity contribution in [3.8, 4) is 0 Å². The molecular weight excluding hydrogens is 263 g/mol. The first kappa shape index (κ1) is 15.0. The van der Waals surface area contributed by atoms with E-state index in [0.717, 1.165) is 24.1 Å². The molecule has 1 heterocycles. The van der Waals surface area contributed by atoms with Crippen molar-refractivity contribution in [1.82, 2.24) is 10.3 Å². The fourth-order valence-corrected chi connectivity index (χ4v) is 3.76. The zero-order chi connectivity index (χ0) is 14.8. The van der Waals surface area contributed by atoms with Gasteiger partial charge in [0.25, 0.3) is 0 Å². The first-order valence-electron chi connectivity index (χ1n) is 8.47. The molecule has 0 bridgehead atoms. The number of hydrogen-bond acceptors (Lipinski definition) is 2. The maximum Gasteiger partial charge on any atom is 0.141 e. The first-order valence-corrected chi connectivity index (χ1v) is 8.47. The van der Waals surface area contributed by atoms with E-state index in [1.165, 1.54) is 38.3 Å². The van der Waals surface area contributed by atoms with Gasteiger partial charge in [-0.25, -0.2) is 4.39 Å². The Kier molecular flexibility index (Phi) is 4.58. The van der Waals surface area contributed by atoms with Crippen LogP contribution in [0.15, 0.2) is 18.5 Å². The Morgan fingerprint density at radius 2 is 2.05 bits per heavy atom. The minimum absolute atomic E-state index is 0.201. The van der Waals surface area contributed by atoms with E-state index < -0.39 is 0 Å². The molecule has 0 aromatic carbocycles. The summed E-state index contributed by atoms with van der Waals surface area (Å²) >= 11 is 0. The van der Waals surface area contributed by atoms with Gasteiger partial charge in [0.15, 0.2) is 0 Å². The Labute approximate surface area is 127 Å². The van der Waals surface area contributed by atoms with Crippen LogP contribution in [0.2, 0.25) is 0 Å². The van der Waals surface area contributed by atoms with E-state index in [1.54, 1.807) is 6.07 Å². The Morgan fingerprint density at radius 1 is 1.24 bits per heavy atom. The standard InChI is InChI=1S/C18H27FN2/c1-12(2)13-3-4-14(10-21-17-5-6-17)18(8-13)15-7-16(19)11-20-9-15/h7,9,11-14,17-18,21H,3-6,8,10H2,1-2H3. The number of nitrogens with zero attached hydrogens (tertiary/aromatic N) is 1. The summed E-state index contributed by atoms with van der Waals surface area (Å²) in [7, 11) is 0. The van der Waals surface area contributed by atoms with Crippen molar-refractivity contribution >= 4 is 0 Å². The van der Waals surface area contributed by atoms with Gasteiger partial charge in [-0.05, 0) is 74.0 Å². The minimum Gasteiger partial charge on any atom is -0.314 e. The van der Waals surface area contributed by atoms with Crippen molar-refractivity contribution in [2.75, 3.05) is 6.54 Å². The number of halogens is 1. The second-order valence-corrected chi connectivity index (χ2v) is 7.30. The molecule has 3 unspecified atom stereocenters. The highest BCUT2D eigenvalue weighted by Gasteiger charge is 2.34. The third-order valence-electron chi connectivity index (χ3n) is 5.38. The summed E-state index contributed by atoms with van der Waals surface area (Å²) in [6.45, 7) is 5.71. The van der Waals surface area contributed by atoms with E-state index in [4.69, 9.17) is 0 Å². The van der Waals surface area contributed by atoms with Gasteiger partial charge in [0.2, 0.25) is 0 Å². The van der Waals surface area contributed by atoms with E-state index in [2.05, 4.69) is 24.1 Å². The SMILES string of the molecule is CC(C)C1CCC(CNC2CC2)C(c2cncc(F)c2)C1. The molecule has 2 nitrogen and oxygen atoms in total. The number of pyridine rings is 1. The van der Waals surface area contributed by atoms with Crippen molar-refractivity contribution in [2.24, 2.45) is 17.8 Å². The van der Waals surface area contributed by atoms with Crippen molar-refractivity contribution < 1.29 is 4.39 Å². The number of rotatable bonds is 5. The maximum atomic E-state index is 13.6. The minimum atomic E-state index is -0.201. The van der Waals surface area contributed by atoms with Gasteiger partial charge in [-0.1, -0.05) is 13.8 Å². The summed E-state index contributed by atoms with van der Waals surface area (Å²) in [4.78, 5) is 4.08. The highest BCUT2D eigenvalue weighted by Crippen LogP contribution is 2.43. The molecule has 21 heavy (non-hydrogen) atoms. The molecule has 1 aromatic heterocycles. The van der Waals surface area contributed by atoms with Gasteiger partial charge in [-0.2, -0.15) is 0 Å². The molecule has 116 valence electrons. The molecule has 0 radical (unpaired) electrons. The number of nitrogens with one attached hydrogen (secondary N) is 1. The Morgan fingerprint density at radius 3 is 2.71 bits per heavy atom. The van der Waals surface area contributed by atoms with Gasteiger partial charge in [-0.15, -0.1) is 0 Å². The van der Waals surface area contributed by atoms with Crippen LogP contribution in [-0.2, 0) is 0 Å². The number of aromatic nitrogens is 1. The van der Waals surface area contributed by atoms with E-state index in [9.17, 15) is 4.39 Å². The Bertz CT molecular complexity index is 470. The molecule has 0 amide bonds. The van der Waals surface area contributed by atoms with Crippen LogP contribution in [0.3, 0.4) is 0 Å². The number of hydrogen-bond donors (Lipinski definition) is 1. The lowest BCUT2D eigenvalue weighted by Gasteiger charge is -2.38. The Balaban J connectivity index is 1.74. The molecule has 0 spiro atoms. The van der Waals surface area contributed by atoms with E-state index >= 15 is 0 Å². The monoisotopic (exact) mass is 290 g/mol. The Hall–Kier alpha value is -0.960. The molecule has 0 aliphatic heterocycles. The highest BCUT2D eigenvalue weighted by molar-refractivity contribution is 5.18. The molecule has 1 N–H and O–H groups in total. The van der Waals surface area contributed by atoms with Crippen LogP contribution >= 0.6 is 0 Å². The van der Waals surface area contributed by atoms with Crippen molar-refractivity contribution in [2.45, 2.75) is 57.9 Å². The van der Waals surface area contributed by atoms with Crippen molar-refractivity contribution in [1.29, 1.82) is 0 Å². The fraction of sp³-hybridized carbons (Fsp3) is 0.722. The van der Waals surface area contributed by atoms with Crippen LogP contribution in [0.4, 0.5) is 4.39 Å². The van der Waals surface area contributed by atoms with E-state index in [1.807, 2.05) is 6.20 Å². The maximum absolute atomic E-state index is 13.6. The zero-order valence-electron chi connectivity index (χ0n) is 13.2. The lowest BCUT2D eigenvalue weighted by atomic mass is 9.68. The molecule has 2 aliphatic carbocycles. The molecule has 2 aliphatic rings. The van der Waals surface area contributed by atoms with Crippen LogP contribution in [-0.4, -0.2) is 17.6 Å². The van der Waals surface area contributed by atoms with Crippen molar-refractivity contribution in [3.05, 3.63) is 29.8 Å². The van der Waals surface area contributed by atoms with Crippen LogP contribution in [0.1, 0.15) is 57.4 Å². The van der Waals surface area contributed by atoms with Gasteiger partial charge < -0.3 is 5.32 Å². The second-order valence-electron chi connectivity index (χ2n) is 7.30. The highest BCUT2D eigenvalue weighted by atomic mass is 19.1. The fourth-order valence-electron chi connectivity index (χ4n) is 3.76. The summed E-state index contributed by atoms with van der Waals surface area (Å²) in [6.07, 6.45) is 9.59. The molecule has 0 saturated heterocycles. The smallest absolute Gasteiger partial charge is 0.141 e. The van der Waals surface area contributed by atoms with Crippen LogP contribution in [0.5, 0.6) is 0 Å². The largest absolute Gasteiger partial charge is 0.314 e. The molecule has 3 rings (SSSR count). The summed E-state index contributed by atoms with van der Waals surface area (Å²) in [5.74, 6) is 2.36. The molecular formula is C18H27FN2. The third kappa shape index (κ3) is 3.82. The van der Waals surface area contributed by atoms with Crippen LogP contribution in [0.25, 0.3) is 0 Å². The topological polar surface area (TPSA) is 24.9 Å². The van der Waals surface area contributed by atoms with Crippen molar-refractivity contribution in [3.63, 3.8) is 0 Å². The molecule has 3 atom stereocenters. The summed E-state index contributed by atoms with van der Waals surface area (Å²) in [5.41, 5.74) is 1.10. The van der Waals surface area contributed by atoms with Gasteiger partial charge >= 0.3 is 0 Å². The molecule has 2 fully saturated rings. The zero-order valence-corrected chi connectivity index (χ0v) is 13.2. The predicted octanol–water partition coefficient (Wildman–Crippen LogP) is 4.13. The second kappa shape index (κ2) is 6.43. The third-order valence-corrected chi connectivity index (χ3v) is 5.38. The van der Waals surface area contributed by atoms with Gasteiger partial charge in [-0.3, -0.25) is 4.98 Å². The summed E-state index contributed by atoms with van der Waals surface area (Å²) < 4.78 is 13.6. The van der Waals surface area contributed by atoms with Gasteiger partial charge in [0, 0.05) is 12.2 Å². The van der Waals surface area contributed by atoms with E-state index in [-0.39, 0.29) is 5.82 Å². The predicted molar refractivity (Wildman–Crippen MR) is 83.6 cm³/mol. The summed E-state index contributed by atoms with van der Waals surface area (Å²) in [5, 5.41) is 3.67. The van der Waals surface area contributed by atoms with Crippen LogP contribution in [0, 0.1) is 23.6 Å². The quantitative estimate of drug-likeness (QED) is 0.882. The normalized spacial score (nSPS) is 29.8. The summed E-state index contributed by atoms with van der Waals surface area (Å²) in [6, 6.07) is 2.45. The molecule has 1 aromatic rings. The van der Waals surface area contributed by atoms with E-state index in [0.29, 0.717) is 17.8 Å². The van der Waals surface area contributed by atoms with Gasteiger partial charge in [0.05, 0.1) is 6.20 Å². The lowest BCUT2D eigenvalue weighted by molar-refractivity contribution is 0.189. The molecule has 3 heteroatoms.